The van der Waals surface area contributed by atoms with Crippen LogP contribution < -0.4 is 4.90 Å². The fourth-order valence-corrected chi connectivity index (χ4v) is 3.81. The minimum absolute atomic E-state index is 0.195. The number of aromatic nitrogens is 1. The van der Waals surface area contributed by atoms with E-state index in [-0.39, 0.29) is 11.4 Å². The van der Waals surface area contributed by atoms with Crippen LogP contribution in [-0.2, 0) is 0 Å². The van der Waals surface area contributed by atoms with Gasteiger partial charge in [0, 0.05) is 19.3 Å². The van der Waals surface area contributed by atoms with Gasteiger partial charge in [0.15, 0.2) is 11.6 Å². The first-order valence-corrected chi connectivity index (χ1v) is 7.74. The number of aromatic carboxylic acids is 1. The maximum absolute atomic E-state index is 14.3. The normalized spacial score (nSPS) is 21.5. The van der Waals surface area contributed by atoms with E-state index in [1.165, 1.54) is 44.4 Å². The van der Waals surface area contributed by atoms with Gasteiger partial charge in [-0.1, -0.05) is 19.3 Å². The Morgan fingerprint density at radius 2 is 1.86 bits per heavy atom. The number of hydrogen-bond acceptors (Lipinski definition) is 3. The van der Waals surface area contributed by atoms with Gasteiger partial charge in [-0.25, -0.2) is 14.2 Å². The number of carboxylic acids is 1. The Morgan fingerprint density at radius 1 is 1.19 bits per heavy atom. The minimum atomic E-state index is -1.24. The van der Waals surface area contributed by atoms with E-state index < -0.39 is 11.8 Å². The molecule has 0 radical (unpaired) electrons. The first-order chi connectivity index (χ1) is 10.1. The van der Waals surface area contributed by atoms with Crippen molar-refractivity contribution in [3.05, 3.63) is 23.6 Å². The molecule has 5 heteroatoms. The van der Waals surface area contributed by atoms with Crippen molar-refractivity contribution in [2.45, 2.75) is 44.9 Å². The number of anilines is 1. The van der Waals surface area contributed by atoms with E-state index >= 15 is 0 Å². The second-order valence-corrected chi connectivity index (χ2v) is 6.35. The summed E-state index contributed by atoms with van der Waals surface area (Å²) in [5, 5.41) is 9.00. The summed E-state index contributed by atoms with van der Waals surface area (Å²) in [6, 6.07) is 1.22. The highest BCUT2D eigenvalue weighted by Gasteiger charge is 2.36. The van der Waals surface area contributed by atoms with Crippen LogP contribution in [-0.4, -0.2) is 29.1 Å². The third kappa shape index (κ3) is 2.74. The smallest absolute Gasteiger partial charge is 0.338 e. The van der Waals surface area contributed by atoms with Gasteiger partial charge in [-0.05, 0) is 37.2 Å². The van der Waals surface area contributed by atoms with E-state index in [1.54, 1.807) is 0 Å². The largest absolute Gasteiger partial charge is 0.478 e. The summed E-state index contributed by atoms with van der Waals surface area (Å²) in [7, 11) is 0. The van der Waals surface area contributed by atoms with E-state index in [9.17, 15) is 9.18 Å². The molecule has 1 saturated heterocycles. The SMILES string of the molecule is O=C(O)c1ccnc(N2CCC3(CCCCC3)CC2)c1F. The third-order valence-electron chi connectivity index (χ3n) is 5.14. The standard InChI is InChI=1S/C16H21FN2O2/c17-13-12(15(20)21)4-9-18-14(13)19-10-7-16(8-11-19)5-2-1-3-6-16/h4,9H,1-3,5-8,10-11H2,(H,20,21). The molecule has 2 fully saturated rings. The number of carboxylic acid groups (broad SMARTS) is 1. The molecule has 1 aliphatic carbocycles. The van der Waals surface area contributed by atoms with Crippen LogP contribution >= 0.6 is 0 Å². The molecule has 21 heavy (non-hydrogen) atoms. The average molecular weight is 292 g/mol. The van der Waals surface area contributed by atoms with Crippen LogP contribution in [0.1, 0.15) is 55.3 Å². The lowest BCUT2D eigenvalue weighted by molar-refractivity contribution is 0.0691. The fraction of sp³-hybridized carbons (Fsp3) is 0.625. The average Bonchev–Trinajstić information content (AvgIpc) is 2.49. The number of carbonyl (C=O) groups is 1. The Labute approximate surface area is 124 Å². The van der Waals surface area contributed by atoms with Gasteiger partial charge >= 0.3 is 5.97 Å². The lowest BCUT2D eigenvalue weighted by Gasteiger charge is -2.44. The fourth-order valence-electron chi connectivity index (χ4n) is 3.81. The monoisotopic (exact) mass is 292 g/mol. The maximum Gasteiger partial charge on any atom is 0.338 e. The summed E-state index contributed by atoms with van der Waals surface area (Å²) >= 11 is 0. The molecule has 1 aliphatic heterocycles. The third-order valence-corrected chi connectivity index (χ3v) is 5.14. The first kappa shape index (κ1) is 14.3. The number of hydrogen-bond donors (Lipinski definition) is 1. The topological polar surface area (TPSA) is 53.4 Å². The van der Waals surface area contributed by atoms with Crippen LogP contribution in [0.25, 0.3) is 0 Å². The highest BCUT2D eigenvalue weighted by Crippen LogP contribution is 2.45. The van der Waals surface area contributed by atoms with Gasteiger partial charge < -0.3 is 10.0 Å². The molecule has 0 atom stereocenters. The van der Waals surface area contributed by atoms with Gasteiger partial charge in [0.2, 0.25) is 0 Å². The molecule has 114 valence electrons. The van der Waals surface area contributed by atoms with Gasteiger partial charge in [-0.3, -0.25) is 0 Å². The van der Waals surface area contributed by atoms with Crippen molar-refractivity contribution in [1.82, 2.24) is 4.98 Å². The summed E-state index contributed by atoms with van der Waals surface area (Å²) in [5.74, 6) is -1.75. The molecule has 1 aromatic rings. The van der Waals surface area contributed by atoms with Gasteiger partial charge in [0.05, 0.1) is 0 Å². The van der Waals surface area contributed by atoms with Crippen LogP contribution in [0.2, 0.25) is 0 Å². The minimum Gasteiger partial charge on any atom is -0.478 e. The van der Waals surface area contributed by atoms with Crippen LogP contribution in [0, 0.1) is 11.2 Å². The zero-order valence-electron chi connectivity index (χ0n) is 12.1. The van der Waals surface area contributed by atoms with Crippen molar-refractivity contribution in [2.24, 2.45) is 5.41 Å². The van der Waals surface area contributed by atoms with Crippen molar-refractivity contribution in [3.8, 4) is 0 Å². The van der Waals surface area contributed by atoms with E-state index in [4.69, 9.17) is 5.11 Å². The van der Waals surface area contributed by atoms with Crippen LogP contribution in [0.5, 0.6) is 0 Å². The summed E-state index contributed by atoms with van der Waals surface area (Å²) in [5.41, 5.74) is 0.147. The molecule has 4 nitrogen and oxygen atoms in total. The van der Waals surface area contributed by atoms with Gasteiger partial charge in [-0.15, -0.1) is 0 Å². The van der Waals surface area contributed by atoms with Crippen molar-refractivity contribution in [1.29, 1.82) is 0 Å². The Bertz CT molecular complexity index is 531. The Balaban J connectivity index is 1.75. The molecular formula is C16H21FN2O2. The predicted molar refractivity (Wildman–Crippen MR) is 78.1 cm³/mol. The highest BCUT2D eigenvalue weighted by molar-refractivity contribution is 5.88. The van der Waals surface area contributed by atoms with Crippen molar-refractivity contribution < 1.29 is 14.3 Å². The van der Waals surface area contributed by atoms with Crippen molar-refractivity contribution >= 4 is 11.8 Å². The quantitative estimate of drug-likeness (QED) is 0.907. The molecule has 0 aromatic carbocycles. The molecule has 1 aromatic heterocycles. The van der Waals surface area contributed by atoms with Crippen LogP contribution in [0.3, 0.4) is 0 Å². The molecule has 2 heterocycles. The number of nitrogens with zero attached hydrogens (tertiary/aromatic N) is 2. The molecular weight excluding hydrogens is 271 g/mol. The maximum atomic E-state index is 14.3. The number of halogens is 1. The lowest BCUT2D eigenvalue weighted by atomic mass is 9.68. The molecule has 1 spiro atoms. The van der Waals surface area contributed by atoms with Crippen LogP contribution in [0.15, 0.2) is 12.3 Å². The van der Waals surface area contributed by atoms with E-state index in [1.807, 2.05) is 4.90 Å². The predicted octanol–water partition coefficient (Wildman–Crippen LogP) is 3.47. The zero-order chi connectivity index (χ0) is 14.9. The second-order valence-electron chi connectivity index (χ2n) is 6.35. The lowest BCUT2D eigenvalue weighted by Crippen LogP contribution is -2.42. The number of piperidine rings is 1. The Morgan fingerprint density at radius 3 is 2.48 bits per heavy atom. The zero-order valence-corrected chi connectivity index (χ0v) is 12.1. The summed E-state index contributed by atoms with van der Waals surface area (Å²) in [6.45, 7) is 1.54. The molecule has 0 amide bonds. The second kappa shape index (κ2) is 5.62. The molecule has 0 unspecified atom stereocenters. The molecule has 0 bridgehead atoms. The number of rotatable bonds is 2. The number of pyridine rings is 1. The van der Waals surface area contributed by atoms with E-state index in [0.717, 1.165) is 25.9 Å². The Kier molecular flexibility index (Phi) is 3.83. The Hall–Kier alpha value is -1.65. The summed E-state index contributed by atoms with van der Waals surface area (Å²) in [6.07, 6.45) is 10.0. The summed E-state index contributed by atoms with van der Waals surface area (Å²) < 4.78 is 14.3. The van der Waals surface area contributed by atoms with Gasteiger partial charge in [0.25, 0.3) is 0 Å². The molecule has 3 rings (SSSR count). The van der Waals surface area contributed by atoms with Crippen molar-refractivity contribution in [2.75, 3.05) is 18.0 Å². The van der Waals surface area contributed by atoms with Crippen LogP contribution in [0.4, 0.5) is 10.2 Å². The molecule has 1 N–H and O–H groups in total. The first-order valence-electron chi connectivity index (χ1n) is 7.74. The van der Waals surface area contributed by atoms with Gasteiger partial charge in [-0.2, -0.15) is 0 Å². The van der Waals surface area contributed by atoms with E-state index in [0.29, 0.717) is 5.41 Å². The molecule has 1 saturated carbocycles. The molecule has 2 aliphatic rings. The van der Waals surface area contributed by atoms with Crippen molar-refractivity contribution in [3.63, 3.8) is 0 Å². The summed E-state index contributed by atoms with van der Waals surface area (Å²) in [4.78, 5) is 17.0. The van der Waals surface area contributed by atoms with Gasteiger partial charge in [0.1, 0.15) is 5.56 Å². The van der Waals surface area contributed by atoms with E-state index in [2.05, 4.69) is 4.98 Å². The highest BCUT2D eigenvalue weighted by atomic mass is 19.1.